The molecule has 1 unspecified atom stereocenters. The molecule has 3 nitrogen and oxygen atoms in total. The van der Waals surface area contributed by atoms with Crippen molar-refractivity contribution in [2.45, 2.75) is 33.4 Å². The number of hydrogen-bond acceptors (Lipinski definition) is 3. The van der Waals surface area contributed by atoms with Crippen LogP contribution in [0.2, 0.25) is 4.34 Å². The van der Waals surface area contributed by atoms with Crippen LogP contribution in [0.5, 0.6) is 0 Å². The van der Waals surface area contributed by atoms with Crippen molar-refractivity contribution in [2.24, 2.45) is 5.92 Å². The van der Waals surface area contributed by atoms with Gasteiger partial charge in [-0.15, -0.1) is 11.3 Å². The molecule has 0 aliphatic heterocycles. The topological polar surface area (TPSA) is 32.3 Å². The maximum atomic E-state index is 11.8. The van der Waals surface area contributed by atoms with E-state index in [-0.39, 0.29) is 11.9 Å². The molecule has 0 aliphatic rings. The van der Waals surface area contributed by atoms with E-state index in [9.17, 15) is 4.79 Å². The van der Waals surface area contributed by atoms with E-state index in [1.807, 2.05) is 31.0 Å². The van der Waals surface area contributed by atoms with Gasteiger partial charge in [-0.05, 0) is 32.0 Å². The van der Waals surface area contributed by atoms with Crippen molar-refractivity contribution in [3.63, 3.8) is 0 Å². The largest absolute Gasteiger partial charge is 0.352 e. The first-order valence-electron chi connectivity index (χ1n) is 6.10. The lowest BCUT2D eigenvalue weighted by Crippen LogP contribution is -2.41. The van der Waals surface area contributed by atoms with Crippen LogP contribution < -0.4 is 5.32 Å². The fourth-order valence-corrected chi connectivity index (χ4v) is 2.64. The standard InChI is InChI=1S/C13H21ClN2OS/c1-9(2)10(3)15-13(17)8-16(4)7-11-5-6-12(14)18-11/h5-6,9-10H,7-8H2,1-4H3,(H,15,17). The molecule has 1 amide bonds. The number of likely N-dealkylation sites (N-methyl/N-ethyl adjacent to an activating group) is 1. The molecule has 0 saturated carbocycles. The fraction of sp³-hybridized carbons (Fsp3) is 0.615. The van der Waals surface area contributed by atoms with Gasteiger partial charge in [0.1, 0.15) is 0 Å². The molecule has 18 heavy (non-hydrogen) atoms. The molecular formula is C13H21ClN2OS. The van der Waals surface area contributed by atoms with E-state index in [1.165, 1.54) is 4.88 Å². The average molecular weight is 289 g/mol. The van der Waals surface area contributed by atoms with Crippen LogP contribution in [0.25, 0.3) is 0 Å². The second kappa shape index (κ2) is 7.12. The lowest BCUT2D eigenvalue weighted by molar-refractivity contribution is -0.122. The smallest absolute Gasteiger partial charge is 0.234 e. The van der Waals surface area contributed by atoms with Crippen LogP contribution in [-0.4, -0.2) is 30.4 Å². The third-order valence-corrected chi connectivity index (χ3v) is 4.07. The number of rotatable bonds is 6. The zero-order valence-corrected chi connectivity index (χ0v) is 12.9. The molecule has 0 spiro atoms. The molecule has 0 aliphatic carbocycles. The Labute approximate surface area is 118 Å². The summed E-state index contributed by atoms with van der Waals surface area (Å²) in [7, 11) is 1.94. The van der Waals surface area contributed by atoms with Crippen LogP contribution in [0.4, 0.5) is 0 Å². The Morgan fingerprint density at radius 2 is 2.11 bits per heavy atom. The fourth-order valence-electron chi connectivity index (χ4n) is 1.47. The van der Waals surface area contributed by atoms with Gasteiger partial charge >= 0.3 is 0 Å². The molecule has 0 saturated heterocycles. The molecule has 0 radical (unpaired) electrons. The maximum Gasteiger partial charge on any atom is 0.234 e. The van der Waals surface area contributed by atoms with Gasteiger partial charge < -0.3 is 5.32 Å². The van der Waals surface area contributed by atoms with E-state index >= 15 is 0 Å². The number of nitrogens with one attached hydrogen (secondary N) is 1. The van der Waals surface area contributed by atoms with Crippen LogP contribution in [0.1, 0.15) is 25.6 Å². The Morgan fingerprint density at radius 1 is 1.44 bits per heavy atom. The van der Waals surface area contributed by atoms with Gasteiger partial charge in [0.2, 0.25) is 5.91 Å². The molecule has 1 atom stereocenters. The van der Waals surface area contributed by atoms with Gasteiger partial charge in [0, 0.05) is 17.5 Å². The SMILES string of the molecule is CC(C)C(C)NC(=O)CN(C)Cc1ccc(Cl)s1. The van der Waals surface area contributed by atoms with Gasteiger partial charge in [0.05, 0.1) is 10.9 Å². The van der Waals surface area contributed by atoms with Crippen LogP contribution in [0.15, 0.2) is 12.1 Å². The summed E-state index contributed by atoms with van der Waals surface area (Å²) in [6.45, 7) is 7.39. The Morgan fingerprint density at radius 3 is 2.61 bits per heavy atom. The Balaban J connectivity index is 2.35. The number of thiophene rings is 1. The van der Waals surface area contributed by atoms with E-state index in [2.05, 4.69) is 19.2 Å². The van der Waals surface area contributed by atoms with Crippen molar-refractivity contribution in [1.29, 1.82) is 0 Å². The van der Waals surface area contributed by atoms with Crippen LogP contribution >= 0.6 is 22.9 Å². The maximum absolute atomic E-state index is 11.8. The minimum Gasteiger partial charge on any atom is -0.352 e. The summed E-state index contributed by atoms with van der Waals surface area (Å²) in [5, 5.41) is 3.00. The summed E-state index contributed by atoms with van der Waals surface area (Å²) in [4.78, 5) is 15.0. The number of carbonyl (C=O) groups is 1. The van der Waals surface area contributed by atoms with Crippen molar-refractivity contribution in [2.75, 3.05) is 13.6 Å². The molecule has 0 bridgehead atoms. The molecule has 102 valence electrons. The molecule has 1 aromatic rings. The third-order valence-electron chi connectivity index (χ3n) is 2.86. The highest BCUT2D eigenvalue weighted by atomic mass is 35.5. The highest BCUT2D eigenvalue weighted by molar-refractivity contribution is 7.16. The second-order valence-electron chi connectivity index (χ2n) is 4.98. The summed E-state index contributed by atoms with van der Waals surface area (Å²) in [5.74, 6) is 0.525. The predicted molar refractivity (Wildman–Crippen MR) is 78.1 cm³/mol. The molecule has 1 aromatic heterocycles. The molecule has 1 N–H and O–H groups in total. The first-order chi connectivity index (χ1) is 8.38. The van der Waals surface area contributed by atoms with Crippen molar-refractivity contribution < 1.29 is 4.79 Å². The monoisotopic (exact) mass is 288 g/mol. The number of halogens is 1. The third kappa shape index (κ3) is 5.38. The molecule has 1 heterocycles. The molecule has 0 fully saturated rings. The number of hydrogen-bond donors (Lipinski definition) is 1. The first-order valence-corrected chi connectivity index (χ1v) is 7.30. The number of carbonyl (C=O) groups excluding carboxylic acids is 1. The minimum absolute atomic E-state index is 0.0707. The van der Waals surface area contributed by atoms with E-state index in [0.29, 0.717) is 12.5 Å². The van der Waals surface area contributed by atoms with E-state index < -0.39 is 0 Å². The minimum atomic E-state index is 0.0707. The molecular weight excluding hydrogens is 268 g/mol. The lowest BCUT2D eigenvalue weighted by atomic mass is 10.1. The second-order valence-corrected chi connectivity index (χ2v) is 6.78. The van der Waals surface area contributed by atoms with Crippen molar-refractivity contribution in [3.8, 4) is 0 Å². The van der Waals surface area contributed by atoms with Gasteiger partial charge in [-0.1, -0.05) is 25.4 Å². The summed E-state index contributed by atoms with van der Waals surface area (Å²) in [6.07, 6.45) is 0. The summed E-state index contributed by atoms with van der Waals surface area (Å²) < 4.78 is 0.788. The van der Waals surface area contributed by atoms with E-state index in [0.717, 1.165) is 10.9 Å². The van der Waals surface area contributed by atoms with Crippen LogP contribution in [0, 0.1) is 5.92 Å². The average Bonchev–Trinajstić information content (AvgIpc) is 2.62. The first kappa shape index (κ1) is 15.5. The van der Waals surface area contributed by atoms with Gasteiger partial charge in [0.15, 0.2) is 0 Å². The molecule has 1 rings (SSSR count). The normalized spacial score (nSPS) is 13.1. The van der Waals surface area contributed by atoms with Gasteiger partial charge in [-0.25, -0.2) is 0 Å². The quantitative estimate of drug-likeness (QED) is 0.873. The summed E-state index contributed by atoms with van der Waals surface area (Å²) in [5.41, 5.74) is 0. The molecule has 0 aromatic carbocycles. The number of nitrogens with zero attached hydrogens (tertiary/aromatic N) is 1. The zero-order valence-electron chi connectivity index (χ0n) is 11.4. The Hall–Kier alpha value is -0.580. The van der Waals surface area contributed by atoms with Crippen molar-refractivity contribution >= 4 is 28.8 Å². The Bertz CT molecular complexity index is 392. The summed E-state index contributed by atoms with van der Waals surface area (Å²) in [6, 6.07) is 4.09. The lowest BCUT2D eigenvalue weighted by Gasteiger charge is -2.20. The number of amides is 1. The Kier molecular flexibility index (Phi) is 6.12. The predicted octanol–water partition coefficient (Wildman–Crippen LogP) is 2.99. The van der Waals surface area contributed by atoms with Crippen molar-refractivity contribution in [1.82, 2.24) is 10.2 Å². The summed E-state index contributed by atoms with van der Waals surface area (Å²) >= 11 is 7.43. The molecule has 5 heteroatoms. The van der Waals surface area contributed by atoms with Crippen molar-refractivity contribution in [3.05, 3.63) is 21.3 Å². The van der Waals surface area contributed by atoms with E-state index in [1.54, 1.807) is 11.3 Å². The van der Waals surface area contributed by atoms with Gasteiger partial charge in [0.25, 0.3) is 0 Å². The van der Waals surface area contributed by atoms with Crippen LogP contribution in [0.3, 0.4) is 0 Å². The van der Waals surface area contributed by atoms with Gasteiger partial charge in [-0.3, -0.25) is 9.69 Å². The van der Waals surface area contributed by atoms with Gasteiger partial charge in [-0.2, -0.15) is 0 Å². The highest BCUT2D eigenvalue weighted by Crippen LogP contribution is 2.22. The zero-order chi connectivity index (χ0) is 13.7. The van der Waals surface area contributed by atoms with Crippen LogP contribution in [-0.2, 0) is 11.3 Å². The highest BCUT2D eigenvalue weighted by Gasteiger charge is 2.13. The van der Waals surface area contributed by atoms with E-state index in [4.69, 9.17) is 11.6 Å².